The average molecular weight is 325 g/mol. The predicted octanol–water partition coefficient (Wildman–Crippen LogP) is 3.28. The molecule has 0 radical (unpaired) electrons. The summed E-state index contributed by atoms with van der Waals surface area (Å²) < 4.78 is 10.3. The van der Waals surface area contributed by atoms with Crippen LogP contribution < -0.4 is 10.1 Å². The monoisotopic (exact) mass is 325 g/mol. The van der Waals surface area contributed by atoms with E-state index in [9.17, 15) is 4.79 Å². The molecule has 0 amide bonds. The molecule has 2 aromatic carbocycles. The third kappa shape index (κ3) is 2.78. The van der Waals surface area contributed by atoms with E-state index in [1.165, 1.54) is 12.7 Å². The molecule has 1 fully saturated rings. The summed E-state index contributed by atoms with van der Waals surface area (Å²) in [7, 11) is 3.10. The Hall–Kier alpha value is -2.33. The van der Waals surface area contributed by atoms with E-state index in [0.717, 1.165) is 35.1 Å². The highest BCUT2D eigenvalue weighted by molar-refractivity contribution is 5.88. The van der Waals surface area contributed by atoms with Gasteiger partial charge in [-0.3, -0.25) is 4.79 Å². The first-order valence-corrected chi connectivity index (χ1v) is 8.06. The molecule has 4 heteroatoms. The van der Waals surface area contributed by atoms with Crippen LogP contribution in [0.1, 0.15) is 24.5 Å². The lowest BCUT2D eigenvalue weighted by Crippen LogP contribution is -2.31. The van der Waals surface area contributed by atoms with Gasteiger partial charge in [0.1, 0.15) is 11.8 Å². The number of carbonyl (C=O) groups excluding carboxylic acids is 1. The smallest absolute Gasteiger partial charge is 0.322 e. The van der Waals surface area contributed by atoms with Gasteiger partial charge in [0.05, 0.1) is 14.2 Å². The van der Waals surface area contributed by atoms with Crippen LogP contribution in [-0.4, -0.2) is 32.8 Å². The Morgan fingerprint density at radius 1 is 1.29 bits per heavy atom. The molecule has 2 atom stereocenters. The first-order valence-electron chi connectivity index (χ1n) is 8.06. The highest BCUT2D eigenvalue weighted by Gasteiger charge is 2.39. The van der Waals surface area contributed by atoms with Crippen LogP contribution in [-0.2, 0) is 14.9 Å². The van der Waals surface area contributed by atoms with Crippen LogP contribution in [0.4, 0.5) is 0 Å². The van der Waals surface area contributed by atoms with E-state index in [1.54, 1.807) is 13.2 Å². The molecule has 0 unspecified atom stereocenters. The number of hydrogen-bond donors (Lipinski definition) is 1. The molecule has 0 spiro atoms. The van der Waals surface area contributed by atoms with Gasteiger partial charge in [-0.25, -0.2) is 0 Å². The summed E-state index contributed by atoms with van der Waals surface area (Å²) in [4.78, 5) is 11.8. The second-order valence-corrected chi connectivity index (χ2v) is 6.58. The Balaban J connectivity index is 1.99. The van der Waals surface area contributed by atoms with Crippen LogP contribution in [0.25, 0.3) is 16.8 Å². The summed E-state index contributed by atoms with van der Waals surface area (Å²) >= 11 is 0. The minimum Gasteiger partial charge on any atom is -0.496 e. The van der Waals surface area contributed by atoms with E-state index in [-0.39, 0.29) is 17.4 Å². The fourth-order valence-electron chi connectivity index (χ4n) is 3.48. The second kappa shape index (κ2) is 6.29. The van der Waals surface area contributed by atoms with Crippen molar-refractivity contribution in [2.75, 3.05) is 20.8 Å². The fourth-order valence-corrected chi connectivity index (χ4v) is 3.48. The molecule has 3 rings (SSSR count). The maximum atomic E-state index is 11.8. The topological polar surface area (TPSA) is 47.6 Å². The highest BCUT2D eigenvalue weighted by atomic mass is 16.5. The van der Waals surface area contributed by atoms with Gasteiger partial charge in [0.2, 0.25) is 0 Å². The lowest BCUT2D eigenvalue weighted by molar-refractivity contribution is -0.142. The van der Waals surface area contributed by atoms with E-state index in [4.69, 9.17) is 9.47 Å². The zero-order valence-corrected chi connectivity index (χ0v) is 14.4. The lowest BCUT2D eigenvalue weighted by atomic mass is 9.79. The van der Waals surface area contributed by atoms with Gasteiger partial charge in [-0.2, -0.15) is 0 Å². The van der Waals surface area contributed by atoms with Crippen LogP contribution in [0.2, 0.25) is 0 Å². The molecular formula is C20H23NO3. The number of rotatable bonds is 4. The lowest BCUT2D eigenvalue weighted by Gasteiger charge is -2.24. The maximum Gasteiger partial charge on any atom is 0.322 e. The average Bonchev–Trinajstić information content (AvgIpc) is 3.02. The summed E-state index contributed by atoms with van der Waals surface area (Å²) in [5, 5.41) is 5.54. The van der Waals surface area contributed by atoms with Crippen molar-refractivity contribution >= 4 is 22.8 Å². The molecule has 1 N–H and O–H groups in total. The van der Waals surface area contributed by atoms with Crippen molar-refractivity contribution in [1.29, 1.82) is 0 Å². The van der Waals surface area contributed by atoms with Crippen molar-refractivity contribution in [3.05, 3.63) is 48.0 Å². The SMILES string of the molecule is C=Cc1cc2cc([C@@]3(C)CN[C@H](C(=O)OC)C3)ccc2cc1OC. The molecule has 2 aromatic rings. The first-order chi connectivity index (χ1) is 11.5. The number of fused-ring (bicyclic) bond motifs is 1. The summed E-state index contributed by atoms with van der Waals surface area (Å²) in [6.07, 6.45) is 2.53. The quantitative estimate of drug-likeness (QED) is 0.877. The van der Waals surface area contributed by atoms with Gasteiger partial charge in [-0.15, -0.1) is 0 Å². The van der Waals surface area contributed by atoms with Crippen LogP contribution in [0.5, 0.6) is 5.75 Å². The molecule has 0 saturated carbocycles. The molecule has 1 aliphatic heterocycles. The van der Waals surface area contributed by atoms with Crippen LogP contribution in [0.15, 0.2) is 36.9 Å². The zero-order chi connectivity index (χ0) is 17.3. The highest BCUT2D eigenvalue weighted by Crippen LogP contribution is 2.36. The van der Waals surface area contributed by atoms with Crippen LogP contribution in [0.3, 0.4) is 0 Å². The molecule has 0 aliphatic carbocycles. The summed E-state index contributed by atoms with van der Waals surface area (Å²) in [5.41, 5.74) is 2.10. The van der Waals surface area contributed by atoms with Crippen LogP contribution in [0, 0.1) is 0 Å². The van der Waals surface area contributed by atoms with Gasteiger partial charge in [-0.05, 0) is 34.9 Å². The minimum atomic E-state index is -0.240. The summed E-state index contributed by atoms with van der Waals surface area (Å²) in [6.45, 7) is 6.79. The Kier molecular flexibility index (Phi) is 4.33. The van der Waals surface area contributed by atoms with Crippen molar-refractivity contribution in [1.82, 2.24) is 5.32 Å². The fraction of sp³-hybridized carbons (Fsp3) is 0.350. The van der Waals surface area contributed by atoms with Crippen molar-refractivity contribution in [3.8, 4) is 5.75 Å². The minimum absolute atomic E-state index is 0.0959. The number of esters is 1. The van der Waals surface area contributed by atoms with Crippen molar-refractivity contribution in [2.45, 2.75) is 24.8 Å². The standard InChI is InChI=1S/C20H23NO3/c1-5-13-8-15-9-16(7-6-14(15)10-18(13)23-3)20(2)11-17(21-12-20)19(22)24-4/h5-10,17,21H,1,11-12H2,2-4H3/t17-,20+/m0/s1. The van der Waals surface area contributed by atoms with E-state index < -0.39 is 0 Å². The second-order valence-electron chi connectivity index (χ2n) is 6.58. The predicted molar refractivity (Wildman–Crippen MR) is 96.4 cm³/mol. The molecule has 24 heavy (non-hydrogen) atoms. The summed E-state index contributed by atoms with van der Waals surface area (Å²) in [6, 6.07) is 10.3. The molecular weight excluding hydrogens is 302 g/mol. The maximum absolute atomic E-state index is 11.8. The summed E-state index contributed by atoms with van der Waals surface area (Å²) in [5.74, 6) is 0.628. The van der Waals surface area contributed by atoms with Gasteiger partial charge in [0, 0.05) is 17.5 Å². The Morgan fingerprint density at radius 3 is 2.75 bits per heavy atom. The van der Waals surface area contributed by atoms with Gasteiger partial charge in [0.25, 0.3) is 0 Å². The van der Waals surface area contributed by atoms with E-state index >= 15 is 0 Å². The normalized spacial score (nSPS) is 23.2. The number of methoxy groups -OCH3 is 2. The molecule has 1 aliphatic rings. The Labute approximate surface area is 142 Å². The van der Waals surface area contributed by atoms with Gasteiger partial charge in [-0.1, -0.05) is 37.8 Å². The third-order valence-corrected chi connectivity index (χ3v) is 4.98. The van der Waals surface area contributed by atoms with Crippen molar-refractivity contribution < 1.29 is 14.3 Å². The number of hydrogen-bond acceptors (Lipinski definition) is 4. The van der Waals surface area contributed by atoms with Gasteiger partial charge < -0.3 is 14.8 Å². The molecule has 0 bridgehead atoms. The van der Waals surface area contributed by atoms with Gasteiger partial charge in [0.15, 0.2) is 0 Å². The Morgan fingerprint density at radius 2 is 2.08 bits per heavy atom. The molecule has 126 valence electrons. The van der Waals surface area contributed by atoms with Crippen molar-refractivity contribution in [3.63, 3.8) is 0 Å². The van der Waals surface area contributed by atoms with Crippen LogP contribution >= 0.6 is 0 Å². The number of nitrogens with one attached hydrogen (secondary N) is 1. The van der Waals surface area contributed by atoms with E-state index in [2.05, 4.69) is 43.1 Å². The molecule has 4 nitrogen and oxygen atoms in total. The molecule has 0 aromatic heterocycles. The van der Waals surface area contributed by atoms with E-state index in [1.807, 2.05) is 6.07 Å². The number of benzene rings is 2. The van der Waals surface area contributed by atoms with Gasteiger partial charge >= 0.3 is 5.97 Å². The molecule has 1 heterocycles. The molecule has 1 saturated heterocycles. The Bertz CT molecular complexity index is 799. The number of carbonyl (C=O) groups is 1. The zero-order valence-electron chi connectivity index (χ0n) is 14.4. The number of ether oxygens (including phenoxy) is 2. The third-order valence-electron chi connectivity index (χ3n) is 4.98. The first kappa shape index (κ1) is 16.5. The van der Waals surface area contributed by atoms with E-state index in [0.29, 0.717) is 0 Å². The largest absolute Gasteiger partial charge is 0.496 e. The van der Waals surface area contributed by atoms with Crippen molar-refractivity contribution in [2.24, 2.45) is 0 Å².